The third-order valence-corrected chi connectivity index (χ3v) is 6.61. The number of nitrogens with zero attached hydrogens (tertiary/aromatic N) is 3. The first-order valence-electron chi connectivity index (χ1n) is 11.4. The van der Waals surface area contributed by atoms with Gasteiger partial charge in [0.2, 0.25) is 0 Å². The molecule has 0 saturated heterocycles. The van der Waals surface area contributed by atoms with E-state index in [2.05, 4.69) is 0 Å². The molecule has 36 heavy (non-hydrogen) atoms. The molecule has 3 aromatic carbocycles. The van der Waals surface area contributed by atoms with Crippen LogP contribution < -0.4 is 4.74 Å². The van der Waals surface area contributed by atoms with Crippen LogP contribution in [0.3, 0.4) is 0 Å². The summed E-state index contributed by atoms with van der Waals surface area (Å²) in [6, 6.07) is 19.9. The van der Waals surface area contributed by atoms with Crippen molar-refractivity contribution in [1.82, 2.24) is 14.2 Å². The summed E-state index contributed by atoms with van der Waals surface area (Å²) in [6.07, 6.45) is 3.66. The van der Waals surface area contributed by atoms with Gasteiger partial charge in [-0.2, -0.15) is 0 Å². The first kappa shape index (κ1) is 23.7. The standard InChI is InChI=1S/C28H24ClN3O4/c1-18-24(14-27(33)31(35)17-30-15-20-5-3-4-6-21(20)16-30)25-13-23(36-2)11-12-26(25)32(18)28(34)19-7-9-22(29)10-8-19/h3-13,15-16,35H,14,17H2,1-2H3. The predicted octanol–water partition coefficient (Wildman–Crippen LogP) is 5.67. The Hall–Kier alpha value is -4.07. The highest BCUT2D eigenvalue weighted by atomic mass is 35.5. The van der Waals surface area contributed by atoms with E-state index in [1.54, 1.807) is 65.6 Å². The minimum absolute atomic E-state index is 0.0156. The summed E-state index contributed by atoms with van der Waals surface area (Å²) in [5.41, 5.74) is 2.38. The van der Waals surface area contributed by atoms with Crippen molar-refractivity contribution in [2.75, 3.05) is 7.11 Å². The molecule has 8 heteroatoms. The van der Waals surface area contributed by atoms with Crippen LogP contribution in [0.2, 0.25) is 5.02 Å². The van der Waals surface area contributed by atoms with Gasteiger partial charge in [0.25, 0.3) is 11.8 Å². The number of methoxy groups -OCH3 is 1. The van der Waals surface area contributed by atoms with E-state index >= 15 is 0 Å². The molecule has 0 spiro atoms. The molecule has 1 N–H and O–H groups in total. The first-order valence-corrected chi connectivity index (χ1v) is 11.8. The topological polar surface area (TPSA) is 76.7 Å². The Morgan fingerprint density at radius 2 is 1.67 bits per heavy atom. The highest BCUT2D eigenvalue weighted by molar-refractivity contribution is 6.30. The molecule has 0 aliphatic carbocycles. The zero-order chi connectivity index (χ0) is 25.4. The molecular weight excluding hydrogens is 478 g/mol. The van der Waals surface area contributed by atoms with E-state index in [9.17, 15) is 14.8 Å². The Morgan fingerprint density at radius 3 is 2.31 bits per heavy atom. The van der Waals surface area contributed by atoms with Gasteiger partial charge < -0.3 is 9.30 Å². The molecule has 5 aromatic rings. The largest absolute Gasteiger partial charge is 0.497 e. The predicted molar refractivity (Wildman–Crippen MR) is 139 cm³/mol. The molecule has 0 bridgehead atoms. The normalized spacial score (nSPS) is 11.2. The van der Waals surface area contributed by atoms with Crippen LogP contribution >= 0.6 is 11.6 Å². The number of benzene rings is 3. The summed E-state index contributed by atoms with van der Waals surface area (Å²) in [6.45, 7) is 1.78. The lowest BCUT2D eigenvalue weighted by atomic mass is 10.1. The Kier molecular flexibility index (Phi) is 6.26. The van der Waals surface area contributed by atoms with Crippen LogP contribution in [0.25, 0.3) is 21.7 Å². The van der Waals surface area contributed by atoms with Gasteiger partial charge in [0, 0.05) is 34.1 Å². The zero-order valence-electron chi connectivity index (χ0n) is 19.8. The second-order valence-corrected chi connectivity index (χ2v) is 9.04. The quantitative estimate of drug-likeness (QED) is 0.240. The number of hydrogen-bond donors (Lipinski definition) is 1. The lowest BCUT2D eigenvalue weighted by molar-refractivity contribution is -0.172. The van der Waals surface area contributed by atoms with Crippen LogP contribution in [0.4, 0.5) is 0 Å². The molecule has 2 heterocycles. The van der Waals surface area contributed by atoms with Crippen molar-refractivity contribution in [2.24, 2.45) is 0 Å². The van der Waals surface area contributed by atoms with Gasteiger partial charge >= 0.3 is 0 Å². The van der Waals surface area contributed by atoms with Gasteiger partial charge in [0.05, 0.1) is 19.0 Å². The van der Waals surface area contributed by atoms with Crippen LogP contribution in [-0.2, 0) is 17.9 Å². The van der Waals surface area contributed by atoms with E-state index < -0.39 is 5.91 Å². The molecule has 0 unspecified atom stereocenters. The average Bonchev–Trinajstić information content (AvgIpc) is 3.41. The second kappa shape index (κ2) is 9.53. The molecular formula is C28H24ClN3O4. The summed E-state index contributed by atoms with van der Waals surface area (Å²) in [5.74, 6) is -0.123. The van der Waals surface area contributed by atoms with Gasteiger partial charge in [-0.05, 0) is 65.7 Å². The third-order valence-electron chi connectivity index (χ3n) is 6.36. The fourth-order valence-electron chi connectivity index (χ4n) is 4.49. The lowest BCUT2D eigenvalue weighted by Gasteiger charge is -2.16. The number of hydrogen-bond acceptors (Lipinski definition) is 4. The lowest BCUT2D eigenvalue weighted by Crippen LogP contribution is -2.30. The number of amides is 1. The highest BCUT2D eigenvalue weighted by Gasteiger charge is 2.23. The minimum atomic E-state index is -0.489. The van der Waals surface area contributed by atoms with Gasteiger partial charge in [-0.1, -0.05) is 35.9 Å². The molecule has 7 nitrogen and oxygen atoms in total. The minimum Gasteiger partial charge on any atom is -0.497 e. The number of rotatable bonds is 6. The molecule has 0 aliphatic rings. The van der Waals surface area contributed by atoms with E-state index in [4.69, 9.17) is 16.3 Å². The summed E-state index contributed by atoms with van der Waals surface area (Å²) >= 11 is 5.99. The molecule has 0 saturated carbocycles. The van der Waals surface area contributed by atoms with Crippen LogP contribution in [-0.4, -0.2) is 38.3 Å². The van der Waals surface area contributed by atoms with Crippen LogP contribution in [0.5, 0.6) is 5.75 Å². The average molecular weight is 502 g/mol. The van der Waals surface area contributed by atoms with Gasteiger partial charge in [-0.25, -0.2) is 5.06 Å². The van der Waals surface area contributed by atoms with Crippen LogP contribution in [0.15, 0.2) is 79.1 Å². The van der Waals surface area contributed by atoms with E-state index in [0.29, 0.717) is 43.6 Å². The van der Waals surface area contributed by atoms with E-state index in [0.717, 1.165) is 10.8 Å². The second-order valence-electron chi connectivity index (χ2n) is 8.61. The van der Waals surface area contributed by atoms with Crippen molar-refractivity contribution < 1.29 is 19.5 Å². The number of ether oxygens (including phenoxy) is 1. The molecule has 0 fully saturated rings. The Balaban J connectivity index is 1.48. The number of carbonyl (C=O) groups is 2. The molecule has 0 radical (unpaired) electrons. The van der Waals surface area contributed by atoms with Gasteiger partial charge in [0.1, 0.15) is 12.4 Å². The molecule has 0 aliphatic heterocycles. The van der Waals surface area contributed by atoms with E-state index in [1.807, 2.05) is 36.7 Å². The fourth-order valence-corrected chi connectivity index (χ4v) is 4.62. The maximum Gasteiger partial charge on any atom is 0.262 e. The van der Waals surface area contributed by atoms with Crippen molar-refractivity contribution in [3.05, 3.63) is 101 Å². The Labute approximate surface area is 212 Å². The fraction of sp³-hybridized carbons (Fsp3) is 0.143. The molecule has 0 atom stereocenters. The molecule has 182 valence electrons. The van der Waals surface area contributed by atoms with Crippen molar-refractivity contribution in [3.8, 4) is 5.75 Å². The van der Waals surface area contributed by atoms with Gasteiger partial charge in [0.15, 0.2) is 0 Å². The van der Waals surface area contributed by atoms with Crippen molar-refractivity contribution in [2.45, 2.75) is 20.0 Å². The van der Waals surface area contributed by atoms with E-state index in [-0.39, 0.29) is 19.0 Å². The van der Waals surface area contributed by atoms with Gasteiger partial charge in [-0.3, -0.25) is 19.4 Å². The summed E-state index contributed by atoms with van der Waals surface area (Å²) in [4.78, 5) is 26.5. The number of hydroxylamine groups is 2. The number of carbonyl (C=O) groups excluding carboxylic acids is 2. The third kappa shape index (κ3) is 4.34. The van der Waals surface area contributed by atoms with Crippen molar-refractivity contribution >= 4 is 45.1 Å². The van der Waals surface area contributed by atoms with Gasteiger partial charge in [-0.15, -0.1) is 0 Å². The summed E-state index contributed by atoms with van der Waals surface area (Å²) < 4.78 is 8.73. The van der Waals surface area contributed by atoms with Crippen LogP contribution in [0, 0.1) is 6.92 Å². The SMILES string of the molecule is COc1ccc2c(c1)c(CC(=O)N(O)Cn1cc3ccccc3c1)c(C)n2C(=O)c1ccc(Cl)cc1. The monoisotopic (exact) mass is 501 g/mol. The number of aromatic nitrogens is 2. The smallest absolute Gasteiger partial charge is 0.262 e. The molecule has 2 aromatic heterocycles. The Morgan fingerprint density at radius 1 is 1.00 bits per heavy atom. The maximum atomic E-state index is 13.4. The first-order chi connectivity index (χ1) is 17.4. The van der Waals surface area contributed by atoms with E-state index in [1.165, 1.54) is 0 Å². The maximum absolute atomic E-state index is 13.4. The zero-order valence-corrected chi connectivity index (χ0v) is 20.6. The molecule has 1 amide bonds. The number of fused-ring (bicyclic) bond motifs is 2. The summed E-state index contributed by atoms with van der Waals surface area (Å²) in [7, 11) is 1.56. The number of halogens is 1. The highest BCUT2D eigenvalue weighted by Crippen LogP contribution is 2.31. The van der Waals surface area contributed by atoms with Crippen molar-refractivity contribution in [1.29, 1.82) is 0 Å². The van der Waals surface area contributed by atoms with Crippen molar-refractivity contribution in [3.63, 3.8) is 0 Å². The molecule has 5 rings (SSSR count). The summed E-state index contributed by atoms with van der Waals surface area (Å²) in [5, 5.41) is 14.6. The van der Waals surface area contributed by atoms with Crippen LogP contribution in [0.1, 0.15) is 21.6 Å². The Bertz CT molecular complexity index is 1570.